The number of hydrogen-bond acceptors (Lipinski definition) is 1. The van der Waals surface area contributed by atoms with E-state index in [1.54, 1.807) is 12.1 Å². The quantitative estimate of drug-likeness (QED) is 0.756. The van der Waals surface area contributed by atoms with E-state index in [4.69, 9.17) is 0 Å². The third-order valence-electron chi connectivity index (χ3n) is 1.93. The molecule has 0 aromatic heterocycles. The molecule has 0 aliphatic heterocycles. The molecule has 0 aliphatic carbocycles. The van der Waals surface area contributed by atoms with Gasteiger partial charge >= 0.3 is 0 Å². The van der Waals surface area contributed by atoms with Crippen molar-refractivity contribution in [1.29, 1.82) is 0 Å². The molecule has 0 fully saturated rings. The molecule has 0 saturated heterocycles. The fourth-order valence-corrected chi connectivity index (χ4v) is 1.37. The smallest absolute Gasteiger partial charge is 0.123 e. The summed E-state index contributed by atoms with van der Waals surface area (Å²) in [7, 11) is 0. The van der Waals surface area contributed by atoms with Crippen molar-refractivity contribution in [3.8, 4) is 0 Å². The average molecular weight is 181 g/mol. The van der Waals surface area contributed by atoms with Gasteiger partial charge in [0.25, 0.3) is 0 Å². The number of benzene rings is 1. The molecular formula is C11H16FN. The van der Waals surface area contributed by atoms with Crippen LogP contribution in [0.3, 0.4) is 0 Å². The summed E-state index contributed by atoms with van der Waals surface area (Å²) in [6.07, 6.45) is 0. The lowest BCUT2D eigenvalue weighted by Gasteiger charge is -2.16. The molecule has 0 bridgehead atoms. The van der Waals surface area contributed by atoms with Gasteiger partial charge < -0.3 is 5.32 Å². The van der Waals surface area contributed by atoms with Crippen molar-refractivity contribution in [2.75, 3.05) is 0 Å². The first-order valence-corrected chi connectivity index (χ1v) is 4.61. The topological polar surface area (TPSA) is 12.0 Å². The monoisotopic (exact) mass is 181 g/mol. The molecule has 1 N–H and O–H groups in total. The molecule has 0 radical (unpaired) electrons. The maximum atomic E-state index is 12.8. The Kier molecular flexibility index (Phi) is 3.43. The van der Waals surface area contributed by atoms with Gasteiger partial charge in [0.2, 0.25) is 0 Å². The minimum absolute atomic E-state index is 0.171. The fourth-order valence-electron chi connectivity index (χ4n) is 1.37. The van der Waals surface area contributed by atoms with Gasteiger partial charge in [-0.3, -0.25) is 0 Å². The maximum Gasteiger partial charge on any atom is 0.123 e. The molecular weight excluding hydrogens is 165 g/mol. The van der Waals surface area contributed by atoms with Crippen molar-refractivity contribution in [3.63, 3.8) is 0 Å². The summed E-state index contributed by atoms with van der Waals surface area (Å²) in [6.45, 7) is 6.19. The number of halogens is 1. The molecule has 0 aliphatic rings. The van der Waals surface area contributed by atoms with Gasteiger partial charge in [-0.2, -0.15) is 0 Å². The minimum Gasteiger partial charge on any atom is -0.308 e. The van der Waals surface area contributed by atoms with E-state index in [-0.39, 0.29) is 11.9 Å². The van der Waals surface area contributed by atoms with Gasteiger partial charge in [0, 0.05) is 12.1 Å². The van der Waals surface area contributed by atoms with Gasteiger partial charge in [0.1, 0.15) is 5.82 Å². The van der Waals surface area contributed by atoms with Crippen LogP contribution < -0.4 is 5.32 Å². The molecule has 1 aromatic carbocycles. The maximum absolute atomic E-state index is 12.8. The molecule has 1 nitrogen and oxygen atoms in total. The molecule has 1 aromatic rings. The third kappa shape index (κ3) is 3.15. The van der Waals surface area contributed by atoms with Crippen LogP contribution in [-0.2, 0) is 0 Å². The molecule has 0 amide bonds. The van der Waals surface area contributed by atoms with Crippen LogP contribution in [0.4, 0.5) is 4.39 Å². The normalized spacial score (nSPS) is 13.3. The molecule has 1 atom stereocenters. The van der Waals surface area contributed by atoms with E-state index in [0.29, 0.717) is 6.04 Å². The lowest BCUT2D eigenvalue weighted by atomic mass is 10.1. The summed E-state index contributed by atoms with van der Waals surface area (Å²) >= 11 is 0. The first kappa shape index (κ1) is 10.2. The standard InChI is InChI=1S/C11H16FN/c1-8(2)13-9(3)10-5-4-6-11(12)7-10/h4-9,13H,1-3H3/t9-/m1/s1. The summed E-state index contributed by atoms with van der Waals surface area (Å²) in [5.74, 6) is -0.171. The van der Waals surface area contributed by atoms with Crippen LogP contribution in [-0.4, -0.2) is 6.04 Å². The van der Waals surface area contributed by atoms with E-state index >= 15 is 0 Å². The van der Waals surface area contributed by atoms with E-state index in [0.717, 1.165) is 5.56 Å². The Balaban J connectivity index is 2.71. The van der Waals surface area contributed by atoms with E-state index < -0.39 is 0 Å². The molecule has 1 rings (SSSR count). The second-order valence-electron chi connectivity index (χ2n) is 3.60. The Morgan fingerprint density at radius 3 is 2.46 bits per heavy atom. The zero-order chi connectivity index (χ0) is 9.84. The average Bonchev–Trinajstić information content (AvgIpc) is 2.03. The first-order valence-electron chi connectivity index (χ1n) is 4.61. The molecule has 2 heteroatoms. The van der Waals surface area contributed by atoms with Crippen molar-refractivity contribution in [2.24, 2.45) is 0 Å². The molecule has 0 unspecified atom stereocenters. The van der Waals surface area contributed by atoms with Crippen LogP contribution >= 0.6 is 0 Å². The van der Waals surface area contributed by atoms with Gasteiger partial charge in [0.05, 0.1) is 0 Å². The van der Waals surface area contributed by atoms with Crippen molar-refractivity contribution in [1.82, 2.24) is 5.32 Å². The van der Waals surface area contributed by atoms with E-state index in [1.165, 1.54) is 6.07 Å². The van der Waals surface area contributed by atoms with Crippen LogP contribution in [0.2, 0.25) is 0 Å². The van der Waals surface area contributed by atoms with Crippen LogP contribution in [0.25, 0.3) is 0 Å². The molecule has 13 heavy (non-hydrogen) atoms. The second-order valence-corrected chi connectivity index (χ2v) is 3.60. The largest absolute Gasteiger partial charge is 0.308 e. The van der Waals surface area contributed by atoms with Crippen molar-refractivity contribution < 1.29 is 4.39 Å². The second kappa shape index (κ2) is 4.38. The van der Waals surface area contributed by atoms with Crippen LogP contribution in [0.5, 0.6) is 0 Å². The van der Waals surface area contributed by atoms with E-state index in [9.17, 15) is 4.39 Å². The fraction of sp³-hybridized carbons (Fsp3) is 0.455. The van der Waals surface area contributed by atoms with Crippen molar-refractivity contribution >= 4 is 0 Å². The highest BCUT2D eigenvalue weighted by Gasteiger charge is 2.06. The molecule has 0 heterocycles. The van der Waals surface area contributed by atoms with Gasteiger partial charge in [-0.25, -0.2) is 4.39 Å². The van der Waals surface area contributed by atoms with Gasteiger partial charge in [-0.05, 0) is 24.6 Å². The lowest BCUT2D eigenvalue weighted by molar-refractivity contribution is 0.503. The third-order valence-corrected chi connectivity index (χ3v) is 1.93. The zero-order valence-electron chi connectivity index (χ0n) is 8.34. The van der Waals surface area contributed by atoms with E-state index in [2.05, 4.69) is 19.2 Å². The predicted molar refractivity (Wildman–Crippen MR) is 53.1 cm³/mol. The van der Waals surface area contributed by atoms with Crippen molar-refractivity contribution in [2.45, 2.75) is 32.9 Å². The van der Waals surface area contributed by atoms with Crippen LogP contribution in [0.15, 0.2) is 24.3 Å². The van der Waals surface area contributed by atoms with Crippen molar-refractivity contribution in [3.05, 3.63) is 35.6 Å². The highest BCUT2D eigenvalue weighted by Crippen LogP contribution is 2.13. The summed E-state index contributed by atoms with van der Waals surface area (Å²) < 4.78 is 12.8. The first-order chi connectivity index (χ1) is 6.09. The van der Waals surface area contributed by atoms with Crippen LogP contribution in [0, 0.1) is 5.82 Å². The summed E-state index contributed by atoms with van der Waals surface area (Å²) in [4.78, 5) is 0. The summed E-state index contributed by atoms with van der Waals surface area (Å²) in [6, 6.07) is 7.33. The van der Waals surface area contributed by atoms with Gasteiger partial charge in [0.15, 0.2) is 0 Å². The Bertz CT molecular complexity index is 271. The number of hydrogen-bond donors (Lipinski definition) is 1. The lowest BCUT2D eigenvalue weighted by Crippen LogP contribution is -2.26. The number of rotatable bonds is 3. The van der Waals surface area contributed by atoms with Gasteiger partial charge in [-0.15, -0.1) is 0 Å². The van der Waals surface area contributed by atoms with E-state index in [1.807, 2.05) is 13.0 Å². The Morgan fingerprint density at radius 2 is 1.92 bits per heavy atom. The summed E-state index contributed by atoms with van der Waals surface area (Å²) in [5, 5.41) is 3.32. The Labute approximate surface area is 79.0 Å². The number of nitrogens with one attached hydrogen (secondary N) is 1. The summed E-state index contributed by atoms with van der Waals surface area (Å²) in [5.41, 5.74) is 0.994. The van der Waals surface area contributed by atoms with Crippen LogP contribution in [0.1, 0.15) is 32.4 Å². The van der Waals surface area contributed by atoms with Gasteiger partial charge in [-0.1, -0.05) is 26.0 Å². The highest BCUT2D eigenvalue weighted by atomic mass is 19.1. The zero-order valence-corrected chi connectivity index (χ0v) is 8.34. The Morgan fingerprint density at radius 1 is 1.23 bits per heavy atom. The molecule has 72 valence electrons. The molecule has 0 spiro atoms. The molecule has 0 saturated carbocycles. The predicted octanol–water partition coefficient (Wildman–Crippen LogP) is 2.88. The highest BCUT2D eigenvalue weighted by molar-refractivity contribution is 5.19. The SMILES string of the molecule is CC(C)N[C@H](C)c1cccc(F)c1. The minimum atomic E-state index is -0.171. The Hall–Kier alpha value is -0.890.